The van der Waals surface area contributed by atoms with Gasteiger partial charge in [0.25, 0.3) is 0 Å². The van der Waals surface area contributed by atoms with Gasteiger partial charge in [-0.1, -0.05) is 13.3 Å². The highest BCUT2D eigenvalue weighted by molar-refractivity contribution is 4.61. The van der Waals surface area contributed by atoms with Gasteiger partial charge in [-0.15, -0.1) is 0 Å². The van der Waals surface area contributed by atoms with Crippen molar-refractivity contribution < 1.29 is 9.47 Å². The van der Waals surface area contributed by atoms with Crippen LogP contribution in [0.5, 0.6) is 0 Å². The first kappa shape index (κ1) is 12.9. The molecular weight excluding hydrogens is 166 g/mol. The summed E-state index contributed by atoms with van der Waals surface area (Å²) in [5.41, 5.74) is 0. The Morgan fingerprint density at radius 2 is 1.85 bits per heavy atom. The van der Waals surface area contributed by atoms with Gasteiger partial charge in [0.2, 0.25) is 0 Å². The Kier molecular flexibility index (Phi) is 9.87. The van der Waals surface area contributed by atoms with Crippen molar-refractivity contribution in [2.24, 2.45) is 0 Å². The monoisotopic (exact) mass is 189 g/mol. The molecule has 1 atom stereocenters. The third-order valence-corrected chi connectivity index (χ3v) is 1.94. The fourth-order valence-electron chi connectivity index (χ4n) is 1.15. The van der Waals surface area contributed by atoms with E-state index in [4.69, 9.17) is 9.47 Å². The van der Waals surface area contributed by atoms with Crippen molar-refractivity contribution in [2.75, 3.05) is 33.5 Å². The highest BCUT2D eigenvalue weighted by Crippen LogP contribution is 1.96. The van der Waals surface area contributed by atoms with Crippen LogP contribution in [0.2, 0.25) is 0 Å². The Balaban J connectivity index is 3.17. The molecule has 3 heteroatoms. The fraction of sp³-hybridized carbons (Fsp3) is 1.00. The summed E-state index contributed by atoms with van der Waals surface area (Å²) >= 11 is 0. The minimum atomic E-state index is 0.492. The molecule has 0 spiro atoms. The average molecular weight is 189 g/mol. The van der Waals surface area contributed by atoms with Crippen LogP contribution < -0.4 is 5.32 Å². The van der Waals surface area contributed by atoms with Gasteiger partial charge in [0, 0.05) is 12.6 Å². The topological polar surface area (TPSA) is 30.5 Å². The van der Waals surface area contributed by atoms with E-state index < -0.39 is 0 Å². The van der Waals surface area contributed by atoms with Crippen molar-refractivity contribution in [3.8, 4) is 0 Å². The predicted molar refractivity (Wildman–Crippen MR) is 55.1 cm³/mol. The molecule has 0 saturated carbocycles. The molecule has 0 aromatic carbocycles. The maximum Gasteiger partial charge on any atom is 0.0701 e. The van der Waals surface area contributed by atoms with Crippen LogP contribution in [0.25, 0.3) is 0 Å². The second-order valence-electron chi connectivity index (χ2n) is 3.05. The van der Waals surface area contributed by atoms with Gasteiger partial charge in [-0.3, -0.25) is 0 Å². The molecule has 0 aliphatic carbocycles. The van der Waals surface area contributed by atoms with E-state index in [0.29, 0.717) is 19.3 Å². The summed E-state index contributed by atoms with van der Waals surface area (Å²) in [7, 11) is 1.98. The fourth-order valence-corrected chi connectivity index (χ4v) is 1.15. The quantitative estimate of drug-likeness (QED) is 0.557. The summed E-state index contributed by atoms with van der Waals surface area (Å²) in [6.07, 6.45) is 2.37. The summed E-state index contributed by atoms with van der Waals surface area (Å²) in [5, 5.41) is 3.23. The van der Waals surface area contributed by atoms with Crippen molar-refractivity contribution in [1.29, 1.82) is 0 Å². The molecule has 0 radical (unpaired) electrons. The van der Waals surface area contributed by atoms with E-state index in [9.17, 15) is 0 Å². The molecule has 1 unspecified atom stereocenters. The smallest absolute Gasteiger partial charge is 0.0701 e. The van der Waals surface area contributed by atoms with Crippen molar-refractivity contribution in [2.45, 2.75) is 32.7 Å². The molecule has 0 heterocycles. The first-order valence-corrected chi connectivity index (χ1v) is 5.17. The first-order chi connectivity index (χ1) is 6.35. The van der Waals surface area contributed by atoms with Gasteiger partial charge in [-0.2, -0.15) is 0 Å². The highest BCUT2D eigenvalue weighted by Gasteiger charge is 2.03. The molecule has 0 rings (SSSR count). The minimum Gasteiger partial charge on any atom is -0.379 e. The minimum absolute atomic E-state index is 0.492. The second kappa shape index (κ2) is 9.96. The lowest BCUT2D eigenvalue weighted by molar-refractivity contribution is 0.0433. The highest BCUT2D eigenvalue weighted by atomic mass is 16.5. The molecule has 13 heavy (non-hydrogen) atoms. The summed E-state index contributed by atoms with van der Waals surface area (Å²) in [6, 6.07) is 0.492. The largest absolute Gasteiger partial charge is 0.379 e. The molecule has 0 fully saturated rings. The molecule has 3 nitrogen and oxygen atoms in total. The van der Waals surface area contributed by atoms with E-state index in [1.807, 2.05) is 14.0 Å². The van der Waals surface area contributed by atoms with Crippen molar-refractivity contribution in [3.05, 3.63) is 0 Å². The molecular formula is C10H23NO2. The van der Waals surface area contributed by atoms with Gasteiger partial charge >= 0.3 is 0 Å². The van der Waals surface area contributed by atoms with Gasteiger partial charge in [0.15, 0.2) is 0 Å². The number of hydrogen-bond acceptors (Lipinski definition) is 3. The SMILES string of the molecule is CCCC(COCCOCC)NC. The maximum atomic E-state index is 5.45. The van der Waals surface area contributed by atoms with E-state index in [0.717, 1.165) is 13.2 Å². The van der Waals surface area contributed by atoms with Crippen LogP contribution in [-0.4, -0.2) is 39.5 Å². The molecule has 0 aromatic heterocycles. The van der Waals surface area contributed by atoms with E-state index >= 15 is 0 Å². The van der Waals surface area contributed by atoms with Crippen molar-refractivity contribution >= 4 is 0 Å². The van der Waals surface area contributed by atoms with Crippen LogP contribution in [0.4, 0.5) is 0 Å². The van der Waals surface area contributed by atoms with Gasteiger partial charge in [-0.25, -0.2) is 0 Å². The third-order valence-electron chi connectivity index (χ3n) is 1.94. The van der Waals surface area contributed by atoms with Crippen molar-refractivity contribution in [3.63, 3.8) is 0 Å². The Morgan fingerprint density at radius 1 is 1.15 bits per heavy atom. The molecule has 0 aliphatic heterocycles. The third kappa shape index (κ3) is 8.22. The Morgan fingerprint density at radius 3 is 2.38 bits per heavy atom. The zero-order valence-corrected chi connectivity index (χ0v) is 9.14. The van der Waals surface area contributed by atoms with Gasteiger partial charge in [0.1, 0.15) is 0 Å². The van der Waals surface area contributed by atoms with Gasteiger partial charge < -0.3 is 14.8 Å². The van der Waals surface area contributed by atoms with Gasteiger partial charge in [-0.05, 0) is 20.4 Å². The Bertz CT molecular complexity index is 98.9. The summed E-state index contributed by atoms with van der Waals surface area (Å²) in [6.45, 7) is 7.15. The Labute approximate surface area is 81.8 Å². The van der Waals surface area contributed by atoms with Crippen LogP contribution >= 0.6 is 0 Å². The number of ether oxygens (including phenoxy) is 2. The summed E-state index contributed by atoms with van der Waals surface area (Å²) in [5.74, 6) is 0. The van der Waals surface area contributed by atoms with Crippen LogP contribution in [-0.2, 0) is 9.47 Å². The molecule has 0 aliphatic rings. The van der Waals surface area contributed by atoms with E-state index in [-0.39, 0.29) is 0 Å². The molecule has 80 valence electrons. The lowest BCUT2D eigenvalue weighted by Gasteiger charge is -2.15. The predicted octanol–water partition coefficient (Wildman–Crippen LogP) is 1.43. The lowest BCUT2D eigenvalue weighted by Crippen LogP contribution is -2.30. The number of hydrogen-bond donors (Lipinski definition) is 1. The maximum absolute atomic E-state index is 5.45. The number of likely N-dealkylation sites (N-methyl/N-ethyl adjacent to an activating group) is 1. The van der Waals surface area contributed by atoms with E-state index in [1.165, 1.54) is 12.8 Å². The van der Waals surface area contributed by atoms with Crippen LogP contribution in [0.3, 0.4) is 0 Å². The summed E-state index contributed by atoms with van der Waals surface area (Å²) < 4.78 is 10.6. The molecule has 0 aromatic rings. The van der Waals surface area contributed by atoms with E-state index in [1.54, 1.807) is 0 Å². The normalized spacial score (nSPS) is 13.2. The molecule has 0 amide bonds. The molecule has 1 N–H and O–H groups in total. The standard InChI is InChI=1S/C10H23NO2/c1-4-6-10(11-3)9-13-8-7-12-5-2/h10-11H,4-9H2,1-3H3. The number of rotatable bonds is 9. The zero-order valence-electron chi connectivity index (χ0n) is 9.14. The average Bonchev–Trinajstić information content (AvgIpc) is 2.16. The van der Waals surface area contributed by atoms with Crippen LogP contribution in [0.15, 0.2) is 0 Å². The lowest BCUT2D eigenvalue weighted by atomic mass is 10.2. The zero-order chi connectivity index (χ0) is 9.94. The van der Waals surface area contributed by atoms with Crippen molar-refractivity contribution in [1.82, 2.24) is 5.32 Å². The number of nitrogens with one attached hydrogen (secondary N) is 1. The Hall–Kier alpha value is -0.120. The van der Waals surface area contributed by atoms with Crippen LogP contribution in [0, 0.1) is 0 Å². The molecule has 0 saturated heterocycles. The van der Waals surface area contributed by atoms with Crippen LogP contribution in [0.1, 0.15) is 26.7 Å². The second-order valence-corrected chi connectivity index (χ2v) is 3.05. The van der Waals surface area contributed by atoms with E-state index in [2.05, 4.69) is 12.2 Å². The molecule has 0 bridgehead atoms. The van der Waals surface area contributed by atoms with Gasteiger partial charge in [0.05, 0.1) is 19.8 Å². The first-order valence-electron chi connectivity index (χ1n) is 5.17. The summed E-state index contributed by atoms with van der Waals surface area (Å²) in [4.78, 5) is 0.